The number of halogens is 3. The normalized spacial score (nSPS) is 11.3. The smallest absolute Gasteiger partial charge is 0.384 e. The van der Waals surface area contributed by atoms with Crippen LogP contribution in [-0.4, -0.2) is 31.4 Å². The van der Waals surface area contributed by atoms with E-state index in [1.165, 1.54) is 11.0 Å². The summed E-state index contributed by atoms with van der Waals surface area (Å²) in [6.45, 7) is 2.02. The lowest BCUT2D eigenvalue weighted by Crippen LogP contribution is -2.24. The van der Waals surface area contributed by atoms with E-state index >= 15 is 0 Å². The van der Waals surface area contributed by atoms with Gasteiger partial charge in [-0.1, -0.05) is 6.07 Å². The summed E-state index contributed by atoms with van der Waals surface area (Å²) in [5.41, 5.74) is 0.422. The first kappa shape index (κ1) is 15.3. The van der Waals surface area contributed by atoms with Crippen molar-refractivity contribution in [1.82, 2.24) is 4.90 Å². The van der Waals surface area contributed by atoms with Gasteiger partial charge < -0.3 is 10.2 Å². The summed E-state index contributed by atoms with van der Waals surface area (Å²) in [4.78, 5) is 12.8. The quantitative estimate of drug-likeness (QED) is 0.915. The van der Waals surface area contributed by atoms with Crippen molar-refractivity contribution in [2.24, 2.45) is 0 Å². The van der Waals surface area contributed by atoms with Crippen LogP contribution in [0.2, 0.25) is 0 Å². The molecule has 0 spiro atoms. The lowest BCUT2D eigenvalue weighted by Gasteiger charge is -2.14. The first-order chi connectivity index (χ1) is 8.71. The third kappa shape index (κ3) is 4.46. The molecule has 6 heteroatoms. The van der Waals surface area contributed by atoms with Gasteiger partial charge in [-0.3, -0.25) is 4.79 Å². The molecule has 1 aromatic rings. The van der Waals surface area contributed by atoms with E-state index in [1.54, 1.807) is 21.0 Å². The zero-order valence-corrected chi connectivity index (χ0v) is 11.1. The van der Waals surface area contributed by atoms with Gasteiger partial charge in [0.05, 0.1) is 5.56 Å². The van der Waals surface area contributed by atoms with Crippen molar-refractivity contribution in [1.29, 1.82) is 0 Å². The van der Waals surface area contributed by atoms with E-state index in [9.17, 15) is 18.0 Å². The van der Waals surface area contributed by atoms with Gasteiger partial charge in [0.1, 0.15) is 0 Å². The van der Waals surface area contributed by atoms with Crippen LogP contribution in [0.15, 0.2) is 18.2 Å². The molecule has 0 bridgehead atoms. The number of carbonyl (C=O) groups excluding carboxylic acids is 1. The lowest BCUT2D eigenvalue weighted by atomic mass is 10.1. The topological polar surface area (TPSA) is 32.3 Å². The highest BCUT2D eigenvalue weighted by atomic mass is 19.4. The Morgan fingerprint density at radius 3 is 2.47 bits per heavy atom. The van der Waals surface area contributed by atoms with Crippen molar-refractivity contribution in [3.05, 3.63) is 29.3 Å². The molecule has 0 radical (unpaired) electrons. The van der Waals surface area contributed by atoms with Gasteiger partial charge in [-0.2, -0.15) is 13.2 Å². The molecule has 0 aliphatic heterocycles. The molecule has 0 heterocycles. The minimum absolute atomic E-state index is 0.0721. The Bertz CT molecular complexity index is 456. The van der Waals surface area contributed by atoms with E-state index in [4.69, 9.17) is 0 Å². The molecule has 19 heavy (non-hydrogen) atoms. The molecular formula is C13H17F3N2O. The summed E-state index contributed by atoms with van der Waals surface area (Å²) in [7, 11) is 3.27. The minimum atomic E-state index is -4.36. The Balaban J connectivity index is 2.70. The lowest BCUT2D eigenvalue weighted by molar-refractivity contribution is -0.137. The van der Waals surface area contributed by atoms with Gasteiger partial charge in [0.2, 0.25) is 5.91 Å². The Kier molecular flexibility index (Phi) is 4.80. The number of amides is 1. The number of nitrogens with one attached hydrogen (secondary N) is 1. The third-order valence-electron chi connectivity index (χ3n) is 2.72. The summed E-state index contributed by atoms with van der Waals surface area (Å²) in [5, 5.41) is 2.86. The molecule has 1 aromatic carbocycles. The molecule has 0 aromatic heterocycles. The SMILES string of the molecule is Cc1ccc(C(F)(F)F)cc1NCCC(=O)N(C)C. The molecule has 0 unspecified atom stereocenters. The van der Waals surface area contributed by atoms with Crippen LogP contribution in [0.4, 0.5) is 18.9 Å². The molecule has 1 amide bonds. The molecule has 106 valence electrons. The Morgan fingerprint density at radius 1 is 1.32 bits per heavy atom. The second kappa shape index (κ2) is 5.95. The molecule has 0 aliphatic rings. The summed E-state index contributed by atoms with van der Waals surface area (Å²) < 4.78 is 37.7. The number of aryl methyl sites for hydroxylation is 1. The molecule has 0 aliphatic carbocycles. The van der Waals surface area contributed by atoms with E-state index in [0.29, 0.717) is 17.8 Å². The maximum atomic E-state index is 12.6. The molecule has 3 nitrogen and oxygen atoms in total. The summed E-state index contributed by atoms with van der Waals surface area (Å²) >= 11 is 0. The predicted octanol–water partition coefficient (Wildman–Crippen LogP) is 2.90. The number of benzene rings is 1. The van der Waals surface area contributed by atoms with Gasteiger partial charge in [0.25, 0.3) is 0 Å². The fourth-order valence-electron chi connectivity index (χ4n) is 1.52. The van der Waals surface area contributed by atoms with Crippen molar-refractivity contribution < 1.29 is 18.0 Å². The number of nitrogens with zero attached hydrogens (tertiary/aromatic N) is 1. The highest BCUT2D eigenvalue weighted by molar-refractivity contribution is 5.76. The second-order valence-corrected chi connectivity index (χ2v) is 4.49. The van der Waals surface area contributed by atoms with Gasteiger partial charge in [-0.15, -0.1) is 0 Å². The molecule has 0 fully saturated rings. The van der Waals surface area contributed by atoms with Crippen LogP contribution in [0.1, 0.15) is 17.5 Å². The number of alkyl halides is 3. The monoisotopic (exact) mass is 274 g/mol. The van der Waals surface area contributed by atoms with Gasteiger partial charge in [0.15, 0.2) is 0 Å². The maximum absolute atomic E-state index is 12.6. The van der Waals surface area contributed by atoms with Crippen LogP contribution >= 0.6 is 0 Å². The van der Waals surface area contributed by atoms with Gasteiger partial charge in [-0.05, 0) is 24.6 Å². The van der Waals surface area contributed by atoms with Crippen molar-refractivity contribution in [3.8, 4) is 0 Å². The zero-order chi connectivity index (χ0) is 14.6. The minimum Gasteiger partial charge on any atom is -0.384 e. The van der Waals surface area contributed by atoms with Crippen molar-refractivity contribution in [2.75, 3.05) is 26.0 Å². The van der Waals surface area contributed by atoms with Crippen molar-refractivity contribution in [2.45, 2.75) is 19.5 Å². The van der Waals surface area contributed by atoms with Crippen molar-refractivity contribution >= 4 is 11.6 Å². The second-order valence-electron chi connectivity index (χ2n) is 4.49. The fraction of sp³-hybridized carbons (Fsp3) is 0.462. The maximum Gasteiger partial charge on any atom is 0.416 e. The highest BCUT2D eigenvalue weighted by Crippen LogP contribution is 2.31. The molecule has 0 atom stereocenters. The van der Waals surface area contributed by atoms with E-state index in [-0.39, 0.29) is 12.3 Å². The third-order valence-corrected chi connectivity index (χ3v) is 2.72. The Labute approximate surface area is 110 Å². The molecular weight excluding hydrogens is 257 g/mol. The van der Waals surface area contributed by atoms with Crippen LogP contribution in [0.25, 0.3) is 0 Å². The molecule has 0 saturated carbocycles. The summed E-state index contributed by atoms with van der Waals surface area (Å²) in [6.07, 6.45) is -4.12. The first-order valence-corrected chi connectivity index (χ1v) is 5.83. The number of hydrogen-bond acceptors (Lipinski definition) is 2. The largest absolute Gasteiger partial charge is 0.416 e. The standard InChI is InChI=1S/C13H17F3N2O/c1-9-4-5-10(13(14,15)16)8-11(9)17-7-6-12(19)18(2)3/h4-5,8,17H,6-7H2,1-3H3. The molecule has 0 saturated heterocycles. The van der Waals surface area contributed by atoms with Crippen molar-refractivity contribution in [3.63, 3.8) is 0 Å². The first-order valence-electron chi connectivity index (χ1n) is 5.83. The number of carbonyl (C=O) groups is 1. The van der Waals surface area contributed by atoms with Crippen LogP contribution in [0.5, 0.6) is 0 Å². The van der Waals surface area contributed by atoms with Crippen LogP contribution < -0.4 is 5.32 Å². The summed E-state index contributed by atoms with van der Waals surface area (Å²) in [6, 6.07) is 3.53. The number of anilines is 1. The van der Waals surface area contributed by atoms with Gasteiger partial charge in [-0.25, -0.2) is 0 Å². The fourth-order valence-corrected chi connectivity index (χ4v) is 1.52. The highest BCUT2D eigenvalue weighted by Gasteiger charge is 2.30. The van der Waals surface area contributed by atoms with Gasteiger partial charge >= 0.3 is 6.18 Å². The molecule has 1 rings (SSSR count). The number of hydrogen-bond donors (Lipinski definition) is 1. The van der Waals surface area contributed by atoms with E-state index < -0.39 is 11.7 Å². The van der Waals surface area contributed by atoms with Crippen LogP contribution in [0.3, 0.4) is 0 Å². The van der Waals surface area contributed by atoms with E-state index in [0.717, 1.165) is 12.1 Å². The zero-order valence-electron chi connectivity index (χ0n) is 11.1. The van der Waals surface area contributed by atoms with Crippen LogP contribution in [0, 0.1) is 6.92 Å². The average Bonchev–Trinajstić information content (AvgIpc) is 2.29. The van der Waals surface area contributed by atoms with Crippen LogP contribution in [-0.2, 0) is 11.0 Å². The summed E-state index contributed by atoms with van der Waals surface area (Å²) in [5.74, 6) is -0.0721. The predicted molar refractivity (Wildman–Crippen MR) is 68.0 cm³/mol. The molecule has 1 N–H and O–H groups in total. The number of rotatable bonds is 4. The van der Waals surface area contributed by atoms with Gasteiger partial charge in [0, 0.05) is 32.7 Å². The van der Waals surface area contributed by atoms with E-state index in [2.05, 4.69) is 5.32 Å². The Hall–Kier alpha value is -1.72. The average molecular weight is 274 g/mol. The van der Waals surface area contributed by atoms with E-state index in [1.807, 2.05) is 0 Å². The Morgan fingerprint density at radius 2 is 1.95 bits per heavy atom.